The number of allylic oxidation sites excluding steroid dienone is 2. The van der Waals surface area contributed by atoms with Gasteiger partial charge in [-0.15, -0.1) is 0 Å². The van der Waals surface area contributed by atoms with Crippen LogP contribution < -0.4 is 5.32 Å². The minimum absolute atomic E-state index is 0.245. The molecule has 2 N–H and O–H groups in total. The van der Waals surface area contributed by atoms with Crippen LogP contribution in [0.2, 0.25) is 0 Å². The molecule has 8 heteroatoms. The van der Waals surface area contributed by atoms with E-state index in [1.165, 1.54) is 12.2 Å². The number of carbonyl (C=O) groups excluding carboxylic acids is 2. The van der Waals surface area contributed by atoms with Crippen LogP contribution in [0.4, 0.5) is 4.79 Å². The summed E-state index contributed by atoms with van der Waals surface area (Å²) in [5.74, 6) is -1.00. The minimum Gasteiger partial charge on any atom is -0.285 e. The maximum Gasteiger partial charge on any atom is 0.290 e. The fourth-order valence-electron chi connectivity index (χ4n) is 1.09. The van der Waals surface area contributed by atoms with Gasteiger partial charge in [-0.05, 0) is 18.7 Å². The molecule has 0 spiro atoms. The van der Waals surface area contributed by atoms with Gasteiger partial charge in [-0.25, -0.2) is 0 Å². The van der Waals surface area contributed by atoms with Crippen LogP contribution in [0.3, 0.4) is 0 Å². The Labute approximate surface area is 90.9 Å². The third-order valence-corrected chi connectivity index (χ3v) is 4.89. The predicted octanol–water partition coefficient (Wildman–Crippen LogP) is 0.520. The standard InChI is InChI=1S/C7H9NO5S2/c1-2-3-4-7(15(11,12)13)5(9)8-6(10)14-7/h2-3H,4H2,1H3,(H,8,9,10)(H,11,12,13). The summed E-state index contributed by atoms with van der Waals surface area (Å²) in [6.07, 6.45) is 2.69. The van der Waals surface area contributed by atoms with Gasteiger partial charge in [0.05, 0.1) is 0 Å². The van der Waals surface area contributed by atoms with Gasteiger partial charge in [0.15, 0.2) is 0 Å². The third-order valence-electron chi connectivity index (χ3n) is 1.86. The quantitative estimate of drug-likeness (QED) is 0.560. The van der Waals surface area contributed by atoms with E-state index in [2.05, 4.69) is 0 Å². The Morgan fingerprint density at radius 1 is 1.53 bits per heavy atom. The van der Waals surface area contributed by atoms with E-state index in [1.807, 2.05) is 5.32 Å². The Morgan fingerprint density at radius 2 is 2.13 bits per heavy atom. The topological polar surface area (TPSA) is 101 Å². The first-order valence-electron chi connectivity index (χ1n) is 3.96. The minimum atomic E-state index is -4.64. The smallest absolute Gasteiger partial charge is 0.285 e. The van der Waals surface area contributed by atoms with Gasteiger partial charge >= 0.3 is 0 Å². The summed E-state index contributed by atoms with van der Waals surface area (Å²) >= 11 is 0.279. The lowest BCUT2D eigenvalue weighted by atomic mass is 10.2. The summed E-state index contributed by atoms with van der Waals surface area (Å²) in [6, 6.07) is 0. The molecule has 0 bridgehead atoms. The Morgan fingerprint density at radius 3 is 2.47 bits per heavy atom. The molecule has 2 amide bonds. The van der Waals surface area contributed by atoms with Crippen molar-refractivity contribution in [2.75, 3.05) is 0 Å². The Balaban J connectivity index is 3.19. The molecular weight excluding hydrogens is 242 g/mol. The maximum atomic E-state index is 11.3. The highest BCUT2D eigenvalue weighted by molar-refractivity contribution is 8.24. The van der Waals surface area contributed by atoms with Gasteiger partial charge in [0.25, 0.3) is 21.3 Å². The van der Waals surface area contributed by atoms with E-state index < -0.39 is 25.3 Å². The monoisotopic (exact) mass is 251 g/mol. The van der Waals surface area contributed by atoms with Crippen molar-refractivity contribution in [1.82, 2.24) is 5.32 Å². The summed E-state index contributed by atoms with van der Waals surface area (Å²) in [6.45, 7) is 1.64. The summed E-state index contributed by atoms with van der Waals surface area (Å²) < 4.78 is 29.1. The van der Waals surface area contributed by atoms with Crippen molar-refractivity contribution in [2.45, 2.75) is 17.4 Å². The van der Waals surface area contributed by atoms with E-state index >= 15 is 0 Å². The van der Waals surface area contributed by atoms with E-state index in [4.69, 9.17) is 4.55 Å². The zero-order valence-electron chi connectivity index (χ0n) is 7.76. The third kappa shape index (κ3) is 2.06. The molecule has 1 rings (SSSR count). The maximum absolute atomic E-state index is 11.3. The number of amides is 2. The fraction of sp³-hybridized carbons (Fsp3) is 0.429. The van der Waals surface area contributed by atoms with Crippen molar-refractivity contribution in [3.05, 3.63) is 12.2 Å². The van der Waals surface area contributed by atoms with Crippen molar-refractivity contribution < 1.29 is 22.6 Å². The van der Waals surface area contributed by atoms with Crippen molar-refractivity contribution in [1.29, 1.82) is 0 Å². The van der Waals surface area contributed by atoms with Gasteiger partial charge in [-0.3, -0.25) is 19.5 Å². The lowest BCUT2D eigenvalue weighted by Crippen LogP contribution is -2.43. The molecular formula is C7H9NO5S2. The number of nitrogens with one attached hydrogen (secondary N) is 1. The summed E-state index contributed by atoms with van der Waals surface area (Å²) in [5.41, 5.74) is 0. The molecule has 0 aromatic carbocycles. The second-order valence-electron chi connectivity index (χ2n) is 2.84. The van der Waals surface area contributed by atoms with E-state index in [-0.39, 0.29) is 18.2 Å². The highest BCUT2D eigenvalue weighted by Gasteiger charge is 2.57. The lowest BCUT2D eigenvalue weighted by molar-refractivity contribution is -0.119. The largest absolute Gasteiger partial charge is 0.290 e. The number of hydrogen-bond donors (Lipinski definition) is 2. The van der Waals surface area contributed by atoms with Crippen molar-refractivity contribution in [3.63, 3.8) is 0 Å². The first kappa shape index (κ1) is 12.2. The van der Waals surface area contributed by atoms with Crippen LogP contribution in [-0.4, -0.2) is 28.2 Å². The molecule has 1 aliphatic rings. The molecule has 1 fully saturated rings. The molecule has 1 heterocycles. The van der Waals surface area contributed by atoms with Crippen molar-refractivity contribution >= 4 is 33.0 Å². The Kier molecular flexibility index (Phi) is 3.22. The van der Waals surface area contributed by atoms with Crippen LogP contribution >= 0.6 is 11.8 Å². The molecule has 0 radical (unpaired) electrons. The molecule has 1 unspecified atom stereocenters. The number of rotatable bonds is 3. The summed E-state index contributed by atoms with van der Waals surface area (Å²) in [4.78, 5) is 22.2. The van der Waals surface area contributed by atoms with Crippen LogP contribution in [0, 0.1) is 0 Å². The van der Waals surface area contributed by atoms with E-state index in [0.717, 1.165) is 0 Å². The highest BCUT2D eigenvalue weighted by atomic mass is 32.3. The predicted molar refractivity (Wildman–Crippen MR) is 54.8 cm³/mol. The van der Waals surface area contributed by atoms with Gasteiger partial charge in [0.1, 0.15) is 0 Å². The van der Waals surface area contributed by atoms with Gasteiger partial charge in [0.2, 0.25) is 4.08 Å². The van der Waals surface area contributed by atoms with Crippen LogP contribution in [0.25, 0.3) is 0 Å². The molecule has 1 atom stereocenters. The van der Waals surface area contributed by atoms with E-state index in [9.17, 15) is 18.0 Å². The van der Waals surface area contributed by atoms with Crippen LogP contribution in [0.1, 0.15) is 13.3 Å². The molecule has 1 aliphatic heterocycles. The first-order chi connectivity index (χ1) is 6.83. The van der Waals surface area contributed by atoms with Gasteiger partial charge in [-0.1, -0.05) is 12.2 Å². The van der Waals surface area contributed by atoms with Gasteiger partial charge < -0.3 is 0 Å². The van der Waals surface area contributed by atoms with E-state index in [0.29, 0.717) is 0 Å². The Hall–Kier alpha value is -0.860. The van der Waals surface area contributed by atoms with Crippen LogP contribution in [-0.2, 0) is 14.9 Å². The number of thioether (sulfide) groups is 1. The summed E-state index contributed by atoms with van der Waals surface area (Å²) in [5, 5.41) is 1.06. The zero-order chi connectivity index (χ0) is 11.7. The van der Waals surface area contributed by atoms with Gasteiger partial charge in [-0.2, -0.15) is 8.42 Å². The average Bonchev–Trinajstić information content (AvgIpc) is 2.37. The van der Waals surface area contributed by atoms with E-state index in [1.54, 1.807) is 6.92 Å². The van der Waals surface area contributed by atoms with Crippen LogP contribution in [0.15, 0.2) is 12.2 Å². The SMILES string of the molecule is CC=CCC1(S(=O)(=O)O)SC(=O)NC1=O. The van der Waals surface area contributed by atoms with Crippen molar-refractivity contribution in [2.24, 2.45) is 0 Å². The number of hydrogen-bond acceptors (Lipinski definition) is 5. The van der Waals surface area contributed by atoms with Crippen LogP contribution in [0.5, 0.6) is 0 Å². The molecule has 0 aromatic rings. The summed E-state index contributed by atoms with van der Waals surface area (Å²) in [7, 11) is -4.64. The average molecular weight is 251 g/mol. The molecule has 0 aliphatic carbocycles. The molecule has 1 saturated heterocycles. The Bertz CT molecular complexity index is 427. The number of carbonyl (C=O) groups is 2. The lowest BCUT2D eigenvalue weighted by Gasteiger charge is -2.17. The normalized spacial score (nSPS) is 27.3. The molecule has 15 heavy (non-hydrogen) atoms. The number of imide groups is 1. The highest BCUT2D eigenvalue weighted by Crippen LogP contribution is 2.39. The second kappa shape index (κ2) is 3.95. The van der Waals surface area contributed by atoms with Gasteiger partial charge in [0, 0.05) is 6.42 Å². The molecule has 0 saturated carbocycles. The first-order valence-corrected chi connectivity index (χ1v) is 6.22. The fourth-order valence-corrected chi connectivity index (χ4v) is 3.10. The molecule has 84 valence electrons. The zero-order valence-corrected chi connectivity index (χ0v) is 9.39. The van der Waals surface area contributed by atoms with Crippen molar-refractivity contribution in [3.8, 4) is 0 Å². The molecule has 6 nitrogen and oxygen atoms in total. The second-order valence-corrected chi connectivity index (χ2v) is 6.02. The molecule has 0 aromatic heterocycles.